The number of β-amino-alcohol motifs (C(OH)–C–C–N with tert-alkyl or cyclic N) is 1. The van der Waals surface area contributed by atoms with Gasteiger partial charge in [-0.1, -0.05) is 24.3 Å². The molecule has 1 fully saturated rings. The van der Waals surface area contributed by atoms with Crippen molar-refractivity contribution in [1.29, 1.82) is 0 Å². The Kier molecular flexibility index (Phi) is 2.78. The second-order valence-corrected chi connectivity index (χ2v) is 5.19. The van der Waals surface area contributed by atoms with Gasteiger partial charge in [0.25, 0.3) is 0 Å². The summed E-state index contributed by atoms with van der Waals surface area (Å²) in [5.74, 6) is -1.47. The summed E-state index contributed by atoms with van der Waals surface area (Å²) in [7, 11) is 0. The molecule has 3 atom stereocenters. The molecule has 5 nitrogen and oxygen atoms in total. The number of benzene rings is 1. The number of hydrogen-bond acceptors (Lipinski definition) is 3. The molecule has 1 aliphatic heterocycles. The van der Waals surface area contributed by atoms with Gasteiger partial charge < -0.3 is 15.1 Å². The molecule has 0 spiro atoms. The van der Waals surface area contributed by atoms with Crippen molar-refractivity contribution in [1.82, 2.24) is 4.90 Å². The summed E-state index contributed by atoms with van der Waals surface area (Å²) in [5.41, 5.74) is 2.13. The number of fused-ring (bicyclic) bond motifs is 1. The third-order valence-corrected chi connectivity index (χ3v) is 4.00. The Morgan fingerprint density at radius 3 is 2.68 bits per heavy atom. The van der Waals surface area contributed by atoms with Crippen LogP contribution < -0.4 is 0 Å². The van der Waals surface area contributed by atoms with E-state index in [-0.39, 0.29) is 24.8 Å². The van der Waals surface area contributed by atoms with Gasteiger partial charge in [-0.2, -0.15) is 0 Å². The van der Waals surface area contributed by atoms with E-state index in [4.69, 9.17) is 5.11 Å². The Morgan fingerprint density at radius 1 is 1.26 bits per heavy atom. The molecule has 1 unspecified atom stereocenters. The van der Waals surface area contributed by atoms with E-state index in [9.17, 15) is 14.7 Å². The number of rotatable bonds is 2. The van der Waals surface area contributed by atoms with Crippen molar-refractivity contribution < 1.29 is 19.8 Å². The number of aliphatic carboxylic acids is 1. The van der Waals surface area contributed by atoms with Crippen LogP contribution in [0.25, 0.3) is 0 Å². The monoisotopic (exact) mass is 261 g/mol. The van der Waals surface area contributed by atoms with E-state index in [0.717, 1.165) is 11.1 Å². The van der Waals surface area contributed by atoms with Gasteiger partial charge in [0.15, 0.2) is 0 Å². The molecule has 1 aromatic carbocycles. The Morgan fingerprint density at radius 2 is 2.00 bits per heavy atom. The molecule has 0 radical (unpaired) electrons. The maximum atomic E-state index is 12.4. The molecular weight excluding hydrogens is 246 g/mol. The smallest absolute Gasteiger partial charge is 0.326 e. The Bertz CT molecular complexity index is 542. The zero-order chi connectivity index (χ0) is 13.6. The van der Waals surface area contributed by atoms with E-state index in [1.165, 1.54) is 4.90 Å². The van der Waals surface area contributed by atoms with Gasteiger partial charge in [-0.3, -0.25) is 4.79 Å². The van der Waals surface area contributed by atoms with E-state index in [1.807, 2.05) is 24.3 Å². The first kappa shape index (κ1) is 12.2. The number of hydrogen-bond donors (Lipinski definition) is 2. The molecule has 1 aromatic rings. The SMILES string of the molecule is O=C(O)[C@H]1C[C@@H](O)CN1C(=O)C1Cc2ccccc21. The van der Waals surface area contributed by atoms with Crippen molar-refractivity contribution in [2.24, 2.45) is 0 Å². The van der Waals surface area contributed by atoms with E-state index < -0.39 is 18.1 Å². The molecule has 2 N–H and O–H groups in total. The van der Waals surface area contributed by atoms with Crippen molar-refractivity contribution >= 4 is 11.9 Å². The summed E-state index contributed by atoms with van der Waals surface area (Å²) in [5, 5.41) is 18.7. The summed E-state index contributed by atoms with van der Waals surface area (Å²) in [6.45, 7) is 0.120. The van der Waals surface area contributed by atoms with Gasteiger partial charge in [0, 0.05) is 13.0 Å². The number of carbonyl (C=O) groups excluding carboxylic acids is 1. The molecule has 100 valence electrons. The van der Waals surface area contributed by atoms with E-state index >= 15 is 0 Å². The Hall–Kier alpha value is -1.88. The van der Waals surface area contributed by atoms with E-state index in [1.54, 1.807) is 0 Å². The quantitative estimate of drug-likeness (QED) is 0.806. The first-order chi connectivity index (χ1) is 9.08. The predicted molar refractivity (Wildman–Crippen MR) is 66.6 cm³/mol. The van der Waals surface area contributed by atoms with Gasteiger partial charge in [0.05, 0.1) is 12.0 Å². The lowest BCUT2D eigenvalue weighted by molar-refractivity contribution is -0.149. The standard InChI is InChI=1S/C14H15NO4/c16-9-6-12(14(18)19)15(7-9)13(17)11-5-8-3-1-2-4-10(8)11/h1-4,9,11-12,16H,5-7H2,(H,18,19)/t9-,11?,12-/m1/s1. The minimum Gasteiger partial charge on any atom is -0.480 e. The summed E-state index contributed by atoms with van der Waals surface area (Å²) < 4.78 is 0. The van der Waals surface area contributed by atoms with Crippen LogP contribution >= 0.6 is 0 Å². The lowest BCUT2D eigenvalue weighted by atomic mass is 9.77. The molecule has 1 saturated heterocycles. The minimum absolute atomic E-state index is 0.120. The zero-order valence-electron chi connectivity index (χ0n) is 10.3. The van der Waals surface area contributed by atoms with E-state index in [2.05, 4.69) is 0 Å². The van der Waals surface area contributed by atoms with Crippen LogP contribution in [0.2, 0.25) is 0 Å². The normalized spacial score (nSPS) is 28.7. The second-order valence-electron chi connectivity index (χ2n) is 5.19. The van der Waals surface area contributed by atoms with Crippen LogP contribution in [-0.2, 0) is 16.0 Å². The number of carboxylic acid groups (broad SMARTS) is 1. The van der Waals surface area contributed by atoms with Crippen molar-refractivity contribution in [2.45, 2.75) is 30.9 Å². The van der Waals surface area contributed by atoms with Crippen LogP contribution in [0.4, 0.5) is 0 Å². The number of likely N-dealkylation sites (tertiary alicyclic amines) is 1. The lowest BCUT2D eigenvalue weighted by Gasteiger charge is -2.33. The van der Waals surface area contributed by atoms with Crippen LogP contribution in [0.15, 0.2) is 24.3 Å². The van der Waals surface area contributed by atoms with Gasteiger partial charge >= 0.3 is 5.97 Å². The fraction of sp³-hybridized carbons (Fsp3) is 0.429. The molecular formula is C14H15NO4. The molecule has 1 amide bonds. The van der Waals surface area contributed by atoms with Gasteiger partial charge in [-0.05, 0) is 17.5 Å². The number of aliphatic hydroxyl groups is 1. The highest BCUT2D eigenvalue weighted by Gasteiger charge is 2.43. The number of amides is 1. The molecule has 0 bridgehead atoms. The number of aliphatic hydroxyl groups excluding tert-OH is 1. The highest BCUT2D eigenvalue weighted by molar-refractivity contribution is 5.91. The molecule has 0 aromatic heterocycles. The van der Waals surface area contributed by atoms with Crippen LogP contribution in [0.1, 0.15) is 23.5 Å². The third-order valence-electron chi connectivity index (χ3n) is 4.00. The van der Waals surface area contributed by atoms with Gasteiger partial charge in [-0.25, -0.2) is 4.79 Å². The minimum atomic E-state index is -1.04. The highest BCUT2D eigenvalue weighted by Crippen LogP contribution is 2.37. The summed E-state index contributed by atoms with van der Waals surface area (Å²) in [4.78, 5) is 24.8. The van der Waals surface area contributed by atoms with Crippen LogP contribution in [0.5, 0.6) is 0 Å². The molecule has 3 rings (SSSR count). The molecule has 2 aliphatic rings. The van der Waals surface area contributed by atoms with Crippen molar-refractivity contribution in [2.75, 3.05) is 6.54 Å². The predicted octanol–water partition coefficient (Wildman–Crippen LogP) is 0.373. The molecule has 1 aliphatic carbocycles. The average molecular weight is 261 g/mol. The fourth-order valence-electron chi connectivity index (χ4n) is 2.97. The first-order valence-corrected chi connectivity index (χ1v) is 6.37. The van der Waals surface area contributed by atoms with Crippen LogP contribution in [0, 0.1) is 0 Å². The van der Waals surface area contributed by atoms with Crippen LogP contribution in [0.3, 0.4) is 0 Å². The van der Waals surface area contributed by atoms with Crippen molar-refractivity contribution in [3.63, 3.8) is 0 Å². The topological polar surface area (TPSA) is 77.8 Å². The van der Waals surface area contributed by atoms with Crippen molar-refractivity contribution in [3.8, 4) is 0 Å². The molecule has 19 heavy (non-hydrogen) atoms. The molecule has 1 heterocycles. The first-order valence-electron chi connectivity index (χ1n) is 6.37. The molecule has 0 saturated carbocycles. The summed E-state index contributed by atoms with van der Waals surface area (Å²) in [6, 6.07) is 6.80. The number of carbonyl (C=O) groups is 2. The largest absolute Gasteiger partial charge is 0.480 e. The number of carboxylic acids is 1. The average Bonchev–Trinajstić information content (AvgIpc) is 2.73. The maximum Gasteiger partial charge on any atom is 0.326 e. The molecule has 5 heteroatoms. The fourth-order valence-corrected chi connectivity index (χ4v) is 2.97. The Balaban J connectivity index is 1.80. The van der Waals surface area contributed by atoms with E-state index in [0.29, 0.717) is 6.42 Å². The maximum absolute atomic E-state index is 12.4. The van der Waals surface area contributed by atoms with Gasteiger partial charge in [0.1, 0.15) is 6.04 Å². The second kappa shape index (κ2) is 4.35. The van der Waals surface area contributed by atoms with Gasteiger partial charge in [-0.15, -0.1) is 0 Å². The van der Waals surface area contributed by atoms with Crippen molar-refractivity contribution in [3.05, 3.63) is 35.4 Å². The summed E-state index contributed by atoms with van der Waals surface area (Å²) >= 11 is 0. The Labute approximate surface area is 110 Å². The summed E-state index contributed by atoms with van der Waals surface area (Å²) in [6.07, 6.45) is 0.0454. The third kappa shape index (κ3) is 1.90. The van der Waals surface area contributed by atoms with Gasteiger partial charge in [0.2, 0.25) is 5.91 Å². The lowest BCUT2D eigenvalue weighted by Crippen LogP contribution is -2.45. The van der Waals surface area contributed by atoms with Crippen LogP contribution in [-0.4, -0.2) is 45.7 Å². The zero-order valence-corrected chi connectivity index (χ0v) is 10.3. The highest BCUT2D eigenvalue weighted by atomic mass is 16.4. The number of nitrogens with zero attached hydrogens (tertiary/aromatic N) is 1.